The summed E-state index contributed by atoms with van der Waals surface area (Å²) in [6.45, 7) is 4.14. The molecule has 0 radical (unpaired) electrons. The average molecular weight is 962 g/mol. The van der Waals surface area contributed by atoms with Crippen LogP contribution in [0.5, 0.6) is 0 Å². The van der Waals surface area contributed by atoms with E-state index in [0.29, 0.717) is 17.4 Å². The van der Waals surface area contributed by atoms with Crippen LogP contribution in [0.2, 0.25) is 0 Å². The van der Waals surface area contributed by atoms with E-state index in [0.717, 1.165) is 77.0 Å². The zero-order valence-electron chi connectivity index (χ0n) is 44.1. The SMILES string of the molecule is CC/C=C\C/C=C\C/C=C\C/C=C\C/C=C\CCCCCCCCCCCC(=O)OC(COC(=O)CCCCCCCCCCCCCCCCCCCC)COP(=O)([O-])OCC[N+](C)(C)C. The van der Waals surface area contributed by atoms with Gasteiger partial charge in [0.2, 0.25) is 0 Å². The summed E-state index contributed by atoms with van der Waals surface area (Å²) in [5, 5.41) is 0. The molecule has 0 rings (SSSR count). The lowest BCUT2D eigenvalue weighted by Crippen LogP contribution is -2.37. The Morgan fingerprint density at radius 2 is 0.851 bits per heavy atom. The number of unbranched alkanes of at least 4 members (excludes halogenated alkanes) is 26. The van der Waals surface area contributed by atoms with Crippen molar-refractivity contribution in [3.8, 4) is 0 Å². The zero-order chi connectivity index (χ0) is 49.2. The van der Waals surface area contributed by atoms with E-state index >= 15 is 0 Å². The third-order valence-electron chi connectivity index (χ3n) is 11.8. The highest BCUT2D eigenvalue weighted by Crippen LogP contribution is 2.38. The van der Waals surface area contributed by atoms with Gasteiger partial charge in [0, 0.05) is 12.8 Å². The number of esters is 2. The summed E-state index contributed by atoms with van der Waals surface area (Å²) in [7, 11) is 1.16. The standard InChI is InChI=1S/C57H104NO8P/c1-6-8-10-12-14-16-18-20-22-24-26-27-28-29-30-31-32-34-36-38-40-42-44-46-48-50-57(60)66-55(54-65-67(61,62)64-52-51-58(3,4)5)53-63-56(59)49-47-45-43-41-39-37-35-33-25-23-21-19-17-15-13-11-9-7-2/h8,10,14,16,20,22,26-27,29-30,55H,6-7,9,11-13,15,17-19,21,23-25,28,31-54H2,1-5H3/b10-8-,16-14-,22-20-,27-26-,30-29-. The van der Waals surface area contributed by atoms with Crippen molar-refractivity contribution in [2.75, 3.05) is 47.5 Å². The summed E-state index contributed by atoms with van der Waals surface area (Å²) in [5.74, 6) is -0.834. The second-order valence-electron chi connectivity index (χ2n) is 19.6. The van der Waals surface area contributed by atoms with Crippen molar-refractivity contribution >= 4 is 19.8 Å². The molecule has 0 aromatic rings. The van der Waals surface area contributed by atoms with Gasteiger partial charge >= 0.3 is 11.9 Å². The number of rotatable bonds is 50. The predicted octanol–water partition coefficient (Wildman–Crippen LogP) is 16.1. The Labute approximate surface area is 413 Å². The highest BCUT2D eigenvalue weighted by Gasteiger charge is 2.21. The van der Waals surface area contributed by atoms with Crippen LogP contribution in [0, 0.1) is 0 Å². The molecule has 10 heteroatoms. The molecule has 0 spiro atoms. The minimum atomic E-state index is -4.64. The smallest absolute Gasteiger partial charge is 0.306 e. The maximum absolute atomic E-state index is 12.8. The van der Waals surface area contributed by atoms with Crippen LogP contribution in [0.15, 0.2) is 60.8 Å². The van der Waals surface area contributed by atoms with E-state index in [1.165, 1.54) is 128 Å². The number of phosphoric acid groups is 1. The Hall–Kier alpha value is -2.29. The topological polar surface area (TPSA) is 111 Å². The lowest BCUT2D eigenvalue weighted by molar-refractivity contribution is -0.870. The molecule has 0 fully saturated rings. The van der Waals surface area contributed by atoms with Gasteiger partial charge in [-0.15, -0.1) is 0 Å². The van der Waals surface area contributed by atoms with E-state index in [9.17, 15) is 19.0 Å². The van der Waals surface area contributed by atoms with E-state index in [-0.39, 0.29) is 32.0 Å². The van der Waals surface area contributed by atoms with E-state index < -0.39 is 26.5 Å². The number of allylic oxidation sites excluding steroid dienone is 10. The van der Waals surface area contributed by atoms with Crippen LogP contribution in [0.3, 0.4) is 0 Å². The van der Waals surface area contributed by atoms with Crippen LogP contribution in [-0.2, 0) is 32.7 Å². The maximum Gasteiger partial charge on any atom is 0.306 e. The summed E-state index contributed by atoms with van der Waals surface area (Å²) >= 11 is 0. The van der Waals surface area contributed by atoms with Gasteiger partial charge in [0.25, 0.3) is 7.82 Å². The minimum absolute atomic E-state index is 0.0328. The maximum atomic E-state index is 12.8. The molecule has 67 heavy (non-hydrogen) atoms. The number of hydrogen-bond donors (Lipinski definition) is 0. The Morgan fingerprint density at radius 3 is 1.27 bits per heavy atom. The van der Waals surface area contributed by atoms with Crippen molar-refractivity contribution in [2.45, 2.75) is 245 Å². The highest BCUT2D eigenvalue weighted by molar-refractivity contribution is 7.45. The van der Waals surface area contributed by atoms with Crippen LogP contribution >= 0.6 is 7.82 Å². The molecule has 0 N–H and O–H groups in total. The summed E-state index contributed by atoms with van der Waals surface area (Å²) in [6.07, 6.45) is 61.1. The molecule has 0 aromatic heterocycles. The number of carbonyl (C=O) groups is 2. The molecule has 0 aliphatic rings. The third-order valence-corrected chi connectivity index (χ3v) is 12.8. The molecule has 9 nitrogen and oxygen atoms in total. The fourth-order valence-electron chi connectivity index (χ4n) is 7.57. The lowest BCUT2D eigenvalue weighted by Gasteiger charge is -2.28. The van der Waals surface area contributed by atoms with Crippen molar-refractivity contribution in [2.24, 2.45) is 0 Å². The van der Waals surface area contributed by atoms with E-state index in [2.05, 4.69) is 74.6 Å². The molecule has 0 amide bonds. The monoisotopic (exact) mass is 962 g/mol. The second-order valence-corrected chi connectivity index (χ2v) is 21.0. The van der Waals surface area contributed by atoms with Gasteiger partial charge in [-0.3, -0.25) is 14.2 Å². The van der Waals surface area contributed by atoms with Crippen molar-refractivity contribution in [3.05, 3.63) is 60.8 Å². The first-order valence-electron chi connectivity index (χ1n) is 27.5. The number of ether oxygens (including phenoxy) is 2. The molecule has 0 bridgehead atoms. The number of likely N-dealkylation sites (N-methyl/N-ethyl adjacent to an activating group) is 1. The first-order chi connectivity index (χ1) is 32.5. The summed E-state index contributed by atoms with van der Waals surface area (Å²) < 4.78 is 34.1. The van der Waals surface area contributed by atoms with Crippen LogP contribution in [0.25, 0.3) is 0 Å². The van der Waals surface area contributed by atoms with E-state index in [4.69, 9.17) is 18.5 Å². The van der Waals surface area contributed by atoms with Gasteiger partial charge in [-0.1, -0.05) is 229 Å². The molecule has 2 atom stereocenters. The first-order valence-corrected chi connectivity index (χ1v) is 29.0. The van der Waals surface area contributed by atoms with Gasteiger partial charge in [0.15, 0.2) is 6.10 Å². The zero-order valence-corrected chi connectivity index (χ0v) is 45.0. The van der Waals surface area contributed by atoms with Gasteiger partial charge in [-0.2, -0.15) is 0 Å². The van der Waals surface area contributed by atoms with Crippen LogP contribution in [-0.4, -0.2) is 70.0 Å². The van der Waals surface area contributed by atoms with Gasteiger partial charge < -0.3 is 27.9 Å². The predicted molar refractivity (Wildman–Crippen MR) is 282 cm³/mol. The van der Waals surface area contributed by atoms with Gasteiger partial charge in [-0.25, -0.2) is 0 Å². The molecule has 2 unspecified atom stereocenters. The van der Waals surface area contributed by atoms with Crippen molar-refractivity contribution in [1.82, 2.24) is 0 Å². The second kappa shape index (κ2) is 48.7. The quantitative estimate of drug-likeness (QED) is 0.0195. The number of hydrogen-bond acceptors (Lipinski definition) is 8. The fourth-order valence-corrected chi connectivity index (χ4v) is 8.29. The number of phosphoric ester groups is 1. The van der Waals surface area contributed by atoms with Crippen LogP contribution < -0.4 is 4.89 Å². The van der Waals surface area contributed by atoms with Gasteiger partial charge in [-0.05, 0) is 57.8 Å². The molecule has 390 valence electrons. The minimum Gasteiger partial charge on any atom is -0.756 e. The Bertz CT molecular complexity index is 1320. The van der Waals surface area contributed by atoms with Crippen molar-refractivity contribution < 1.29 is 42.1 Å². The van der Waals surface area contributed by atoms with Crippen molar-refractivity contribution in [3.63, 3.8) is 0 Å². The molecule has 0 saturated carbocycles. The molecular weight excluding hydrogens is 858 g/mol. The van der Waals surface area contributed by atoms with E-state index in [1.54, 1.807) is 0 Å². The Kier molecular flexibility index (Phi) is 47.1. The molecule has 0 aliphatic heterocycles. The Balaban J connectivity index is 4.21. The fraction of sp³-hybridized carbons (Fsp3) is 0.789. The summed E-state index contributed by atoms with van der Waals surface area (Å²) in [4.78, 5) is 37.8. The third kappa shape index (κ3) is 52.9. The van der Waals surface area contributed by atoms with Gasteiger partial charge in [0.1, 0.15) is 19.8 Å². The average Bonchev–Trinajstić information content (AvgIpc) is 3.29. The molecule has 0 aliphatic carbocycles. The Morgan fingerprint density at radius 1 is 0.478 bits per heavy atom. The number of nitrogens with zero attached hydrogens (tertiary/aromatic N) is 1. The largest absolute Gasteiger partial charge is 0.756 e. The summed E-state index contributed by atoms with van der Waals surface area (Å²) in [5.41, 5.74) is 0. The van der Waals surface area contributed by atoms with E-state index in [1.807, 2.05) is 21.1 Å². The number of quaternary nitrogens is 1. The molecular formula is C57H104NO8P. The molecule has 0 aromatic carbocycles. The lowest BCUT2D eigenvalue weighted by atomic mass is 10.0. The van der Waals surface area contributed by atoms with Gasteiger partial charge in [0.05, 0.1) is 27.7 Å². The first kappa shape index (κ1) is 64.7. The number of carbonyl (C=O) groups excluding carboxylic acids is 2. The van der Waals surface area contributed by atoms with Crippen molar-refractivity contribution in [1.29, 1.82) is 0 Å². The molecule has 0 saturated heterocycles. The van der Waals surface area contributed by atoms with Crippen LogP contribution in [0.1, 0.15) is 239 Å². The normalized spacial score (nSPS) is 13.8. The molecule has 0 heterocycles. The van der Waals surface area contributed by atoms with Crippen LogP contribution in [0.4, 0.5) is 0 Å². The summed E-state index contributed by atoms with van der Waals surface area (Å²) in [6, 6.07) is 0. The highest BCUT2D eigenvalue weighted by atomic mass is 31.2.